The number of hydrogen-bond acceptors (Lipinski definition) is 4. The molecule has 0 aromatic heterocycles. The van der Waals surface area contributed by atoms with Crippen LogP contribution in [0.15, 0.2) is 4.99 Å². The van der Waals surface area contributed by atoms with E-state index in [4.69, 9.17) is 9.47 Å². The van der Waals surface area contributed by atoms with Gasteiger partial charge in [-0.15, -0.1) is 24.0 Å². The van der Waals surface area contributed by atoms with Crippen molar-refractivity contribution < 1.29 is 14.6 Å². The lowest BCUT2D eigenvalue weighted by atomic mass is 10.1. The molecule has 2 N–H and O–H groups in total. The first-order valence-electron chi connectivity index (χ1n) is 7.48. The summed E-state index contributed by atoms with van der Waals surface area (Å²) in [6, 6.07) is 0. The van der Waals surface area contributed by atoms with Crippen LogP contribution in [0.4, 0.5) is 0 Å². The maximum Gasteiger partial charge on any atom is 0.193 e. The molecule has 7 heteroatoms. The van der Waals surface area contributed by atoms with Gasteiger partial charge in [0.25, 0.3) is 0 Å². The Kier molecular flexibility index (Phi) is 8.84. The predicted molar refractivity (Wildman–Crippen MR) is 93.3 cm³/mol. The molecule has 6 nitrogen and oxygen atoms in total. The van der Waals surface area contributed by atoms with Crippen molar-refractivity contribution in [2.75, 3.05) is 47.0 Å². The number of aliphatic hydroxyl groups is 1. The van der Waals surface area contributed by atoms with Crippen LogP contribution in [-0.2, 0) is 9.47 Å². The highest BCUT2D eigenvalue weighted by molar-refractivity contribution is 14.0. The fourth-order valence-corrected chi connectivity index (χ4v) is 3.01. The van der Waals surface area contributed by atoms with Crippen LogP contribution in [-0.4, -0.2) is 75.2 Å². The van der Waals surface area contributed by atoms with E-state index in [1.54, 1.807) is 14.2 Å². The number of rotatable bonds is 4. The lowest BCUT2D eigenvalue weighted by Crippen LogP contribution is -2.52. The number of ether oxygens (including phenoxy) is 2. The summed E-state index contributed by atoms with van der Waals surface area (Å²) in [7, 11) is 3.49. The van der Waals surface area contributed by atoms with E-state index in [0.717, 1.165) is 44.9 Å². The van der Waals surface area contributed by atoms with E-state index in [1.807, 2.05) is 0 Å². The first-order chi connectivity index (χ1) is 9.74. The minimum Gasteiger partial charge on any atom is -0.393 e. The molecule has 21 heavy (non-hydrogen) atoms. The van der Waals surface area contributed by atoms with Crippen LogP contribution in [0.2, 0.25) is 0 Å². The number of hydrogen-bond donors (Lipinski definition) is 2. The van der Waals surface area contributed by atoms with Crippen molar-refractivity contribution in [3.63, 3.8) is 0 Å². The van der Waals surface area contributed by atoms with Gasteiger partial charge in [0, 0.05) is 39.7 Å². The molecule has 2 aliphatic rings. The van der Waals surface area contributed by atoms with Crippen molar-refractivity contribution >= 4 is 29.9 Å². The zero-order chi connectivity index (χ0) is 14.4. The highest BCUT2D eigenvalue weighted by atomic mass is 127. The van der Waals surface area contributed by atoms with E-state index in [9.17, 15) is 5.11 Å². The molecule has 1 saturated heterocycles. The number of guanidine groups is 1. The minimum atomic E-state index is -0.161. The lowest BCUT2D eigenvalue weighted by Gasteiger charge is -2.35. The van der Waals surface area contributed by atoms with Crippen LogP contribution in [0.3, 0.4) is 0 Å². The topological polar surface area (TPSA) is 66.3 Å². The maximum atomic E-state index is 9.87. The Balaban J connectivity index is 0.00000220. The summed E-state index contributed by atoms with van der Waals surface area (Å²) in [6.07, 6.45) is 3.09. The number of methoxy groups -OCH3 is 1. The van der Waals surface area contributed by atoms with Crippen molar-refractivity contribution in [1.29, 1.82) is 0 Å². The van der Waals surface area contributed by atoms with Crippen molar-refractivity contribution in [3.05, 3.63) is 0 Å². The molecule has 0 amide bonds. The van der Waals surface area contributed by atoms with Gasteiger partial charge in [0.15, 0.2) is 5.96 Å². The number of nitrogens with zero attached hydrogens (tertiary/aromatic N) is 2. The Morgan fingerprint density at radius 1 is 1.48 bits per heavy atom. The first kappa shape index (κ1) is 18.9. The second-order valence-corrected chi connectivity index (χ2v) is 5.58. The van der Waals surface area contributed by atoms with Crippen molar-refractivity contribution in [2.24, 2.45) is 10.9 Å². The molecule has 1 heterocycles. The minimum absolute atomic E-state index is 0. The smallest absolute Gasteiger partial charge is 0.193 e. The van der Waals surface area contributed by atoms with Gasteiger partial charge in [-0.2, -0.15) is 0 Å². The van der Waals surface area contributed by atoms with E-state index in [1.165, 1.54) is 0 Å². The number of aliphatic imine (C=N–C) groups is 1. The molecule has 1 saturated carbocycles. The van der Waals surface area contributed by atoms with Crippen LogP contribution >= 0.6 is 24.0 Å². The molecule has 0 radical (unpaired) electrons. The molecule has 124 valence electrons. The molecule has 3 unspecified atom stereocenters. The van der Waals surface area contributed by atoms with Gasteiger partial charge in [-0.25, -0.2) is 0 Å². The van der Waals surface area contributed by atoms with Crippen molar-refractivity contribution in [2.45, 2.75) is 31.5 Å². The van der Waals surface area contributed by atoms with Crippen LogP contribution < -0.4 is 5.32 Å². The van der Waals surface area contributed by atoms with Crippen molar-refractivity contribution in [3.8, 4) is 0 Å². The van der Waals surface area contributed by atoms with E-state index >= 15 is 0 Å². The SMILES string of the molecule is CN=C(NCC1CCCC1O)N1CCOC(COC)C1.I. The summed E-state index contributed by atoms with van der Waals surface area (Å²) in [5.41, 5.74) is 0. The molecule has 0 aromatic rings. The Morgan fingerprint density at radius 3 is 2.90 bits per heavy atom. The van der Waals surface area contributed by atoms with Crippen LogP contribution in [0.1, 0.15) is 19.3 Å². The van der Waals surface area contributed by atoms with Crippen LogP contribution in [0.25, 0.3) is 0 Å². The molecule has 0 bridgehead atoms. The fraction of sp³-hybridized carbons (Fsp3) is 0.929. The summed E-state index contributed by atoms with van der Waals surface area (Å²) in [4.78, 5) is 6.55. The zero-order valence-corrected chi connectivity index (χ0v) is 15.3. The first-order valence-corrected chi connectivity index (χ1v) is 7.48. The number of morpholine rings is 1. The normalized spacial score (nSPS) is 30.1. The molecule has 2 fully saturated rings. The second-order valence-electron chi connectivity index (χ2n) is 5.58. The summed E-state index contributed by atoms with van der Waals surface area (Å²) < 4.78 is 10.8. The second kappa shape index (κ2) is 9.81. The average molecular weight is 413 g/mol. The number of nitrogens with one attached hydrogen (secondary N) is 1. The highest BCUT2D eigenvalue weighted by Gasteiger charge is 2.27. The summed E-state index contributed by atoms with van der Waals surface area (Å²) in [5, 5.41) is 13.3. The molecule has 1 aliphatic carbocycles. The fourth-order valence-electron chi connectivity index (χ4n) is 3.01. The third-order valence-corrected chi connectivity index (χ3v) is 4.14. The lowest BCUT2D eigenvalue weighted by molar-refractivity contribution is -0.0448. The van der Waals surface area contributed by atoms with Gasteiger partial charge < -0.3 is 24.8 Å². The Hall–Kier alpha value is -0.120. The number of aliphatic hydroxyl groups excluding tert-OH is 1. The molecular weight excluding hydrogens is 385 g/mol. The quantitative estimate of drug-likeness (QED) is 0.404. The van der Waals surface area contributed by atoms with Gasteiger partial charge in [0.05, 0.1) is 25.4 Å². The largest absolute Gasteiger partial charge is 0.393 e. The Labute approximate surface area is 144 Å². The van der Waals surface area contributed by atoms with E-state index in [-0.39, 0.29) is 36.2 Å². The average Bonchev–Trinajstić information content (AvgIpc) is 2.86. The summed E-state index contributed by atoms with van der Waals surface area (Å²) in [6.45, 7) is 3.73. The van der Waals surface area contributed by atoms with E-state index in [0.29, 0.717) is 19.1 Å². The van der Waals surface area contributed by atoms with Gasteiger partial charge in [0.2, 0.25) is 0 Å². The van der Waals surface area contributed by atoms with Crippen molar-refractivity contribution in [1.82, 2.24) is 10.2 Å². The third kappa shape index (κ3) is 5.54. The Bertz CT molecular complexity index is 329. The molecule has 3 atom stereocenters. The zero-order valence-electron chi connectivity index (χ0n) is 13.0. The van der Waals surface area contributed by atoms with Gasteiger partial charge in [-0.05, 0) is 12.8 Å². The van der Waals surface area contributed by atoms with E-state index in [2.05, 4.69) is 15.2 Å². The number of halogens is 1. The predicted octanol–water partition coefficient (Wildman–Crippen LogP) is 0.688. The van der Waals surface area contributed by atoms with Crippen LogP contribution in [0, 0.1) is 5.92 Å². The van der Waals surface area contributed by atoms with Gasteiger partial charge in [-0.1, -0.05) is 6.42 Å². The molecular formula is C14H28IN3O3. The molecule has 1 aliphatic heterocycles. The molecule has 0 aromatic carbocycles. The van der Waals surface area contributed by atoms with Gasteiger partial charge in [-0.3, -0.25) is 4.99 Å². The van der Waals surface area contributed by atoms with Gasteiger partial charge >= 0.3 is 0 Å². The molecule has 2 rings (SSSR count). The standard InChI is InChI=1S/C14H27N3O3.HI/c1-15-14(16-8-11-4-3-5-13(11)18)17-6-7-20-12(9-17)10-19-2;/h11-13,18H,3-10H2,1-2H3,(H,15,16);1H. The monoisotopic (exact) mass is 413 g/mol. The van der Waals surface area contributed by atoms with Gasteiger partial charge in [0.1, 0.15) is 0 Å². The maximum absolute atomic E-state index is 9.87. The summed E-state index contributed by atoms with van der Waals surface area (Å²) in [5.74, 6) is 1.25. The van der Waals surface area contributed by atoms with E-state index < -0.39 is 0 Å². The Morgan fingerprint density at radius 2 is 2.29 bits per heavy atom. The van der Waals surface area contributed by atoms with Crippen LogP contribution in [0.5, 0.6) is 0 Å². The highest BCUT2D eigenvalue weighted by Crippen LogP contribution is 2.24. The summed E-state index contributed by atoms with van der Waals surface area (Å²) >= 11 is 0. The third-order valence-electron chi connectivity index (χ3n) is 4.14. The molecule has 0 spiro atoms.